The summed E-state index contributed by atoms with van der Waals surface area (Å²) in [6.07, 6.45) is 4.24. The lowest BCUT2D eigenvalue weighted by Crippen LogP contribution is -2.51. The molecule has 142 valence electrons. The van der Waals surface area contributed by atoms with Crippen LogP contribution in [0.4, 0.5) is 0 Å². The van der Waals surface area contributed by atoms with E-state index in [4.69, 9.17) is 5.73 Å². The van der Waals surface area contributed by atoms with Crippen molar-refractivity contribution in [2.24, 2.45) is 5.73 Å². The third-order valence-electron chi connectivity index (χ3n) is 5.73. The van der Waals surface area contributed by atoms with Crippen LogP contribution in [0, 0.1) is 13.8 Å². The minimum Gasteiger partial charge on any atom is -0.345 e. The molecule has 0 aliphatic heterocycles. The van der Waals surface area contributed by atoms with E-state index >= 15 is 0 Å². The molecule has 0 radical (unpaired) electrons. The maximum absolute atomic E-state index is 12.9. The predicted molar refractivity (Wildman–Crippen MR) is 109 cm³/mol. The molecular weight excluding hydrogens is 346 g/mol. The Labute approximate surface area is 162 Å². The molecule has 2 aromatic rings. The smallest absolute Gasteiger partial charge is 0.253 e. The first-order valence-corrected chi connectivity index (χ1v) is 9.23. The van der Waals surface area contributed by atoms with Gasteiger partial charge in [-0.05, 0) is 45.2 Å². The van der Waals surface area contributed by atoms with Gasteiger partial charge >= 0.3 is 0 Å². The van der Waals surface area contributed by atoms with Crippen LogP contribution in [0.5, 0.6) is 0 Å². The van der Waals surface area contributed by atoms with Crippen LogP contribution in [0.1, 0.15) is 66.0 Å². The molecule has 1 amide bonds. The lowest BCUT2D eigenvalue weighted by Gasteiger charge is -2.28. The third kappa shape index (κ3) is 3.81. The fourth-order valence-electron chi connectivity index (χ4n) is 4.22. The van der Waals surface area contributed by atoms with Crippen LogP contribution < -0.4 is 11.1 Å². The zero-order chi connectivity index (χ0) is 18.0. The number of hydrogen-bond acceptors (Lipinski definition) is 2. The Morgan fingerprint density at radius 1 is 1.23 bits per heavy atom. The van der Waals surface area contributed by atoms with E-state index in [1.807, 2.05) is 19.1 Å². The Hall–Kier alpha value is -1.78. The topological polar surface area (TPSA) is 60.1 Å². The van der Waals surface area contributed by atoms with E-state index in [1.54, 1.807) is 0 Å². The Morgan fingerprint density at radius 2 is 1.85 bits per heavy atom. The van der Waals surface area contributed by atoms with Gasteiger partial charge in [0, 0.05) is 17.9 Å². The first-order valence-electron chi connectivity index (χ1n) is 9.23. The van der Waals surface area contributed by atoms with Crippen molar-refractivity contribution in [3.63, 3.8) is 0 Å². The molecule has 26 heavy (non-hydrogen) atoms. The molecule has 4 nitrogen and oxygen atoms in total. The van der Waals surface area contributed by atoms with Crippen LogP contribution in [0.25, 0.3) is 0 Å². The van der Waals surface area contributed by atoms with Gasteiger partial charge in [0.2, 0.25) is 0 Å². The van der Waals surface area contributed by atoms with Crippen molar-refractivity contribution in [3.8, 4) is 0 Å². The van der Waals surface area contributed by atoms with Crippen LogP contribution >= 0.6 is 12.4 Å². The second-order valence-corrected chi connectivity index (χ2v) is 7.39. The first kappa shape index (κ1) is 20.5. The number of halogens is 1. The van der Waals surface area contributed by atoms with Crippen LogP contribution in [0.15, 0.2) is 36.4 Å². The monoisotopic (exact) mass is 375 g/mol. The molecule has 1 heterocycles. The van der Waals surface area contributed by atoms with Crippen molar-refractivity contribution in [2.75, 3.05) is 6.54 Å². The molecule has 1 fully saturated rings. The lowest BCUT2D eigenvalue weighted by molar-refractivity contribution is 0.0902. The van der Waals surface area contributed by atoms with E-state index in [1.165, 1.54) is 5.56 Å². The van der Waals surface area contributed by atoms with Gasteiger partial charge in [-0.25, -0.2) is 0 Å². The molecule has 0 spiro atoms. The van der Waals surface area contributed by atoms with Gasteiger partial charge < -0.3 is 15.6 Å². The second kappa shape index (κ2) is 8.28. The minimum absolute atomic E-state index is 0. The van der Waals surface area contributed by atoms with Gasteiger partial charge in [0.15, 0.2) is 0 Å². The zero-order valence-electron chi connectivity index (χ0n) is 15.9. The highest BCUT2D eigenvalue weighted by Crippen LogP contribution is 2.30. The summed E-state index contributed by atoms with van der Waals surface area (Å²) < 4.78 is 2.24. The first-order chi connectivity index (χ1) is 12.0. The maximum Gasteiger partial charge on any atom is 0.253 e. The standard InChI is InChI=1S/C21H29N3O.ClH/c1-15-13-19(20(25)23-21(14-22)11-7-8-12-21)17(3)24(15)16(2)18-9-5-4-6-10-18;/h4-6,9-10,13,16H,7-8,11-12,14,22H2,1-3H3,(H,23,25);1H. The van der Waals surface area contributed by atoms with Gasteiger partial charge in [0.25, 0.3) is 5.91 Å². The number of hydrogen-bond donors (Lipinski definition) is 2. The quantitative estimate of drug-likeness (QED) is 0.825. The van der Waals surface area contributed by atoms with Crippen LogP contribution in [0.2, 0.25) is 0 Å². The van der Waals surface area contributed by atoms with Crippen LogP contribution in [0.3, 0.4) is 0 Å². The molecule has 3 rings (SSSR count). The molecule has 0 bridgehead atoms. The van der Waals surface area contributed by atoms with E-state index in [-0.39, 0.29) is 29.9 Å². The van der Waals surface area contributed by atoms with Gasteiger partial charge in [-0.2, -0.15) is 0 Å². The SMILES string of the molecule is Cc1cc(C(=O)NC2(CN)CCCC2)c(C)n1C(C)c1ccccc1.Cl. The number of aromatic nitrogens is 1. The summed E-state index contributed by atoms with van der Waals surface area (Å²) in [4.78, 5) is 12.9. The highest BCUT2D eigenvalue weighted by Gasteiger charge is 2.34. The van der Waals surface area contributed by atoms with Crippen molar-refractivity contribution >= 4 is 18.3 Å². The molecule has 1 aromatic heterocycles. The molecule has 1 unspecified atom stereocenters. The third-order valence-corrected chi connectivity index (χ3v) is 5.73. The molecular formula is C21H30ClN3O. The number of amides is 1. The molecule has 1 aliphatic rings. The number of rotatable bonds is 5. The number of carbonyl (C=O) groups excluding carboxylic acids is 1. The largest absolute Gasteiger partial charge is 0.345 e. The number of nitrogens with one attached hydrogen (secondary N) is 1. The van der Waals surface area contributed by atoms with Gasteiger partial charge in [-0.1, -0.05) is 43.2 Å². The van der Waals surface area contributed by atoms with E-state index < -0.39 is 0 Å². The Balaban J connectivity index is 0.00000243. The Kier molecular flexibility index (Phi) is 6.53. The van der Waals surface area contributed by atoms with Gasteiger partial charge in [0.1, 0.15) is 0 Å². The predicted octanol–water partition coefficient (Wildman–Crippen LogP) is 4.14. The van der Waals surface area contributed by atoms with Crippen molar-refractivity contribution in [3.05, 3.63) is 58.9 Å². The fraction of sp³-hybridized carbons (Fsp3) is 0.476. The van der Waals surface area contributed by atoms with Crippen LogP contribution in [-0.2, 0) is 0 Å². The number of aryl methyl sites for hydroxylation is 1. The Bertz CT molecular complexity index is 748. The number of nitrogens with two attached hydrogens (primary N) is 1. The summed E-state index contributed by atoms with van der Waals surface area (Å²) in [5, 5.41) is 3.24. The summed E-state index contributed by atoms with van der Waals surface area (Å²) >= 11 is 0. The van der Waals surface area contributed by atoms with E-state index in [0.29, 0.717) is 6.54 Å². The van der Waals surface area contributed by atoms with E-state index in [9.17, 15) is 4.79 Å². The molecule has 0 saturated heterocycles. The maximum atomic E-state index is 12.9. The average molecular weight is 376 g/mol. The number of nitrogens with zero attached hydrogens (tertiary/aromatic N) is 1. The highest BCUT2D eigenvalue weighted by atomic mass is 35.5. The van der Waals surface area contributed by atoms with Crippen molar-refractivity contribution in [2.45, 2.75) is 58.0 Å². The van der Waals surface area contributed by atoms with Crippen molar-refractivity contribution < 1.29 is 4.79 Å². The van der Waals surface area contributed by atoms with Gasteiger partial charge in [-0.3, -0.25) is 4.79 Å². The minimum atomic E-state index is -0.218. The van der Waals surface area contributed by atoms with E-state index in [0.717, 1.165) is 42.6 Å². The number of benzene rings is 1. The van der Waals surface area contributed by atoms with Crippen molar-refractivity contribution in [1.29, 1.82) is 0 Å². The summed E-state index contributed by atoms with van der Waals surface area (Å²) in [5.74, 6) is 0.00645. The molecule has 1 aromatic carbocycles. The lowest BCUT2D eigenvalue weighted by atomic mass is 9.97. The Morgan fingerprint density at radius 3 is 2.42 bits per heavy atom. The van der Waals surface area contributed by atoms with E-state index in [2.05, 4.69) is 48.0 Å². The van der Waals surface area contributed by atoms with Crippen molar-refractivity contribution in [1.82, 2.24) is 9.88 Å². The molecule has 3 N–H and O–H groups in total. The molecule has 1 saturated carbocycles. The molecule has 1 atom stereocenters. The highest BCUT2D eigenvalue weighted by molar-refractivity contribution is 5.96. The molecule has 1 aliphatic carbocycles. The van der Waals surface area contributed by atoms with Gasteiger partial charge in [0.05, 0.1) is 17.1 Å². The summed E-state index contributed by atoms with van der Waals surface area (Å²) in [6, 6.07) is 12.6. The normalized spacial score (nSPS) is 16.8. The molecule has 5 heteroatoms. The second-order valence-electron chi connectivity index (χ2n) is 7.39. The summed E-state index contributed by atoms with van der Waals surface area (Å²) in [6.45, 7) is 6.79. The van der Waals surface area contributed by atoms with Gasteiger partial charge in [-0.15, -0.1) is 12.4 Å². The fourth-order valence-corrected chi connectivity index (χ4v) is 4.22. The van der Waals surface area contributed by atoms with Crippen LogP contribution in [-0.4, -0.2) is 22.6 Å². The number of carbonyl (C=O) groups is 1. The summed E-state index contributed by atoms with van der Waals surface area (Å²) in [7, 11) is 0. The summed E-state index contributed by atoms with van der Waals surface area (Å²) in [5.41, 5.74) is 9.87. The average Bonchev–Trinajstić information content (AvgIpc) is 3.20. The zero-order valence-corrected chi connectivity index (χ0v) is 16.7.